The van der Waals surface area contributed by atoms with E-state index in [-0.39, 0.29) is 11.4 Å². The molecule has 0 aliphatic heterocycles. The van der Waals surface area contributed by atoms with E-state index < -0.39 is 16.7 Å². The van der Waals surface area contributed by atoms with Crippen LogP contribution in [0.2, 0.25) is 0 Å². The molecule has 3 aromatic rings. The average molecular weight is 415 g/mol. The van der Waals surface area contributed by atoms with Crippen LogP contribution in [0.25, 0.3) is 6.08 Å². The highest BCUT2D eigenvalue weighted by molar-refractivity contribution is 6.10. The van der Waals surface area contributed by atoms with E-state index >= 15 is 0 Å². The third-order valence-corrected chi connectivity index (χ3v) is 4.47. The molecule has 0 aliphatic rings. The van der Waals surface area contributed by atoms with Crippen LogP contribution in [-0.4, -0.2) is 16.7 Å². The van der Waals surface area contributed by atoms with Gasteiger partial charge < -0.3 is 10.6 Å². The van der Waals surface area contributed by atoms with Gasteiger partial charge in [0.05, 0.1) is 4.92 Å². The van der Waals surface area contributed by atoms with Crippen LogP contribution in [-0.2, 0) is 4.79 Å². The first-order chi connectivity index (χ1) is 14.8. The van der Waals surface area contributed by atoms with Crippen molar-refractivity contribution in [1.82, 2.24) is 5.32 Å². The van der Waals surface area contributed by atoms with E-state index in [2.05, 4.69) is 10.6 Å². The lowest BCUT2D eigenvalue weighted by molar-refractivity contribution is -0.384. The second-order valence-corrected chi connectivity index (χ2v) is 7.05. The third-order valence-electron chi connectivity index (χ3n) is 4.47. The normalized spacial score (nSPS) is 11.0. The Labute approximate surface area is 179 Å². The number of non-ortho nitro benzene ring substituents is 1. The van der Waals surface area contributed by atoms with Crippen molar-refractivity contribution in [3.8, 4) is 0 Å². The van der Waals surface area contributed by atoms with Crippen LogP contribution in [0.5, 0.6) is 0 Å². The van der Waals surface area contributed by atoms with Crippen molar-refractivity contribution in [3.63, 3.8) is 0 Å². The lowest BCUT2D eigenvalue weighted by atomic mass is 10.1. The number of nitro groups is 1. The Balaban J connectivity index is 1.93. The van der Waals surface area contributed by atoms with Crippen LogP contribution in [0.15, 0.2) is 78.5 Å². The molecule has 0 spiro atoms. The molecule has 0 aromatic heterocycles. The van der Waals surface area contributed by atoms with Crippen LogP contribution in [0.3, 0.4) is 0 Å². The molecule has 0 fully saturated rings. The molecule has 0 radical (unpaired) electrons. The summed E-state index contributed by atoms with van der Waals surface area (Å²) in [7, 11) is 0. The number of aryl methyl sites for hydroxylation is 2. The van der Waals surface area contributed by atoms with Gasteiger partial charge in [-0.3, -0.25) is 19.7 Å². The molecular formula is C24H21N3O4. The summed E-state index contributed by atoms with van der Waals surface area (Å²) >= 11 is 0. The van der Waals surface area contributed by atoms with Gasteiger partial charge in [0, 0.05) is 23.4 Å². The number of hydrogen-bond acceptors (Lipinski definition) is 4. The van der Waals surface area contributed by atoms with Crippen molar-refractivity contribution in [2.75, 3.05) is 5.32 Å². The highest BCUT2D eigenvalue weighted by Crippen LogP contribution is 2.17. The second kappa shape index (κ2) is 9.49. The van der Waals surface area contributed by atoms with Gasteiger partial charge in [-0.2, -0.15) is 0 Å². The number of nitro benzene ring substituents is 1. The van der Waals surface area contributed by atoms with Gasteiger partial charge >= 0.3 is 0 Å². The maximum Gasteiger partial charge on any atom is 0.272 e. The molecule has 2 N–H and O–H groups in total. The summed E-state index contributed by atoms with van der Waals surface area (Å²) in [4.78, 5) is 36.2. The predicted molar refractivity (Wildman–Crippen MR) is 120 cm³/mol. The average Bonchev–Trinajstić information content (AvgIpc) is 2.75. The molecule has 0 saturated carbocycles. The Morgan fingerprint density at radius 3 is 2.29 bits per heavy atom. The van der Waals surface area contributed by atoms with Crippen molar-refractivity contribution in [2.45, 2.75) is 13.8 Å². The topological polar surface area (TPSA) is 101 Å². The zero-order valence-electron chi connectivity index (χ0n) is 17.1. The van der Waals surface area contributed by atoms with Crippen molar-refractivity contribution in [2.24, 2.45) is 0 Å². The summed E-state index contributed by atoms with van der Waals surface area (Å²) < 4.78 is 0. The number of carbonyl (C=O) groups is 2. The minimum Gasteiger partial charge on any atom is -0.321 e. The first kappa shape index (κ1) is 21.4. The maximum atomic E-state index is 12.9. The molecule has 0 aliphatic carbocycles. The maximum absolute atomic E-state index is 12.9. The van der Waals surface area contributed by atoms with Crippen molar-refractivity contribution in [1.29, 1.82) is 0 Å². The Hall–Kier alpha value is -4.26. The van der Waals surface area contributed by atoms with Crippen LogP contribution in [0, 0.1) is 24.0 Å². The Bertz CT molecular complexity index is 1170. The minimum absolute atomic E-state index is 0.0346. The number of nitrogens with zero attached hydrogens (tertiary/aromatic N) is 1. The van der Waals surface area contributed by atoms with E-state index in [9.17, 15) is 19.7 Å². The molecular weight excluding hydrogens is 394 g/mol. The van der Waals surface area contributed by atoms with Crippen molar-refractivity contribution < 1.29 is 14.5 Å². The Morgan fingerprint density at radius 1 is 0.903 bits per heavy atom. The zero-order chi connectivity index (χ0) is 22.4. The van der Waals surface area contributed by atoms with Gasteiger partial charge in [0.1, 0.15) is 5.70 Å². The summed E-state index contributed by atoms with van der Waals surface area (Å²) in [6.07, 6.45) is 1.41. The van der Waals surface area contributed by atoms with E-state index in [0.29, 0.717) is 16.8 Å². The number of amides is 2. The van der Waals surface area contributed by atoms with Gasteiger partial charge in [-0.05, 0) is 49.8 Å². The van der Waals surface area contributed by atoms with E-state index in [1.165, 1.54) is 24.3 Å². The molecule has 0 saturated heterocycles. The zero-order valence-corrected chi connectivity index (χ0v) is 17.1. The largest absolute Gasteiger partial charge is 0.321 e. The van der Waals surface area contributed by atoms with Gasteiger partial charge in [0.25, 0.3) is 17.5 Å². The SMILES string of the molecule is Cc1ccc(NC(=O)/C(=C\c2cccc([N+](=O)[O-])c2)NC(=O)c2cccc(C)c2)cc1. The molecule has 31 heavy (non-hydrogen) atoms. The first-order valence-electron chi connectivity index (χ1n) is 9.54. The number of carbonyl (C=O) groups excluding carboxylic acids is 2. The molecule has 0 bridgehead atoms. The fourth-order valence-corrected chi connectivity index (χ4v) is 2.87. The standard InChI is InChI=1S/C24H21N3O4/c1-16-9-11-20(12-10-16)25-24(29)22(15-18-6-4-8-21(14-18)27(30)31)26-23(28)19-7-3-5-17(2)13-19/h3-15H,1-2H3,(H,25,29)(H,26,28)/b22-15+. The molecule has 3 rings (SSSR count). The monoisotopic (exact) mass is 415 g/mol. The molecule has 0 heterocycles. The van der Waals surface area contributed by atoms with Crippen LogP contribution < -0.4 is 10.6 Å². The first-order valence-corrected chi connectivity index (χ1v) is 9.54. The van der Waals surface area contributed by atoms with Crippen LogP contribution in [0.1, 0.15) is 27.0 Å². The lowest BCUT2D eigenvalue weighted by Crippen LogP contribution is -2.30. The second-order valence-electron chi connectivity index (χ2n) is 7.05. The predicted octanol–water partition coefficient (Wildman–Crippen LogP) is 4.62. The lowest BCUT2D eigenvalue weighted by Gasteiger charge is -2.12. The number of benzene rings is 3. The summed E-state index contributed by atoms with van der Waals surface area (Å²) in [6, 6.07) is 20.0. The molecule has 7 heteroatoms. The number of anilines is 1. The molecule has 7 nitrogen and oxygen atoms in total. The van der Waals surface area contributed by atoms with Crippen LogP contribution in [0.4, 0.5) is 11.4 Å². The molecule has 3 aromatic carbocycles. The van der Waals surface area contributed by atoms with E-state index in [4.69, 9.17) is 0 Å². The fourth-order valence-electron chi connectivity index (χ4n) is 2.87. The Kier molecular flexibility index (Phi) is 6.57. The summed E-state index contributed by atoms with van der Waals surface area (Å²) in [5, 5.41) is 16.4. The fraction of sp³-hybridized carbons (Fsp3) is 0.0833. The third kappa shape index (κ3) is 5.86. The minimum atomic E-state index is -0.545. The molecule has 0 unspecified atom stereocenters. The quantitative estimate of drug-likeness (QED) is 0.348. The van der Waals surface area contributed by atoms with Gasteiger partial charge in [-0.15, -0.1) is 0 Å². The van der Waals surface area contributed by atoms with Gasteiger partial charge in [0.15, 0.2) is 0 Å². The summed E-state index contributed by atoms with van der Waals surface area (Å²) in [5.74, 6) is -1.00. The van der Waals surface area contributed by atoms with Gasteiger partial charge in [0.2, 0.25) is 0 Å². The van der Waals surface area contributed by atoms with E-state index in [1.807, 2.05) is 32.0 Å². The number of rotatable bonds is 6. The number of hydrogen-bond donors (Lipinski definition) is 2. The summed E-state index contributed by atoms with van der Waals surface area (Å²) in [6.45, 7) is 3.79. The van der Waals surface area contributed by atoms with Crippen molar-refractivity contribution in [3.05, 3.63) is 111 Å². The van der Waals surface area contributed by atoms with E-state index in [1.54, 1.807) is 36.4 Å². The molecule has 0 atom stereocenters. The highest BCUT2D eigenvalue weighted by Gasteiger charge is 2.16. The highest BCUT2D eigenvalue weighted by atomic mass is 16.6. The number of nitrogens with one attached hydrogen (secondary N) is 2. The molecule has 2 amide bonds. The Morgan fingerprint density at radius 2 is 1.61 bits per heavy atom. The van der Waals surface area contributed by atoms with E-state index in [0.717, 1.165) is 11.1 Å². The van der Waals surface area contributed by atoms with Gasteiger partial charge in [-0.1, -0.05) is 47.5 Å². The molecule has 156 valence electrons. The summed E-state index contributed by atoms with van der Waals surface area (Å²) in [5.41, 5.74) is 3.16. The van der Waals surface area contributed by atoms with Crippen LogP contribution >= 0.6 is 0 Å². The smallest absolute Gasteiger partial charge is 0.272 e. The van der Waals surface area contributed by atoms with Crippen molar-refractivity contribution >= 4 is 29.3 Å². The van der Waals surface area contributed by atoms with Gasteiger partial charge in [-0.25, -0.2) is 0 Å².